The highest BCUT2D eigenvalue weighted by Gasteiger charge is 2.40. The van der Waals surface area contributed by atoms with Crippen LogP contribution in [0.25, 0.3) is 0 Å². The number of rotatable bonds is 4. The van der Waals surface area contributed by atoms with Gasteiger partial charge in [-0.15, -0.1) is 0 Å². The van der Waals surface area contributed by atoms with Gasteiger partial charge in [-0.25, -0.2) is 4.79 Å². The van der Waals surface area contributed by atoms with Gasteiger partial charge in [0.25, 0.3) is 0 Å². The minimum Gasteiger partial charge on any atom is -0.375 e. The first-order chi connectivity index (χ1) is 11.2. The molecular formula is C18H27N3O2. The topological polar surface area (TPSA) is 63.2 Å². The van der Waals surface area contributed by atoms with Crippen molar-refractivity contribution in [1.82, 2.24) is 15.6 Å². The van der Waals surface area contributed by atoms with Gasteiger partial charge in [-0.2, -0.15) is 0 Å². The summed E-state index contributed by atoms with van der Waals surface area (Å²) in [5.41, 5.74) is 1.13. The zero-order valence-corrected chi connectivity index (χ0v) is 13.9. The SMILES string of the molecule is CC[C@@H](NC(=O)N[C@@H]1CCOC2(CCCC2)C1)c1ccncc1. The van der Waals surface area contributed by atoms with Crippen molar-refractivity contribution in [2.24, 2.45) is 0 Å². The van der Waals surface area contributed by atoms with Gasteiger partial charge >= 0.3 is 6.03 Å². The van der Waals surface area contributed by atoms with Crippen molar-refractivity contribution in [3.63, 3.8) is 0 Å². The van der Waals surface area contributed by atoms with Crippen LogP contribution >= 0.6 is 0 Å². The number of carbonyl (C=O) groups excluding carboxylic acids is 1. The Bertz CT molecular complexity index is 514. The van der Waals surface area contributed by atoms with E-state index in [4.69, 9.17) is 4.74 Å². The molecule has 0 aromatic carbocycles. The molecule has 2 fully saturated rings. The van der Waals surface area contributed by atoms with Gasteiger partial charge in [-0.3, -0.25) is 4.98 Å². The normalized spacial score (nSPS) is 24.3. The van der Waals surface area contributed by atoms with Crippen molar-refractivity contribution in [3.8, 4) is 0 Å². The zero-order valence-electron chi connectivity index (χ0n) is 13.9. The number of nitrogens with one attached hydrogen (secondary N) is 2. The van der Waals surface area contributed by atoms with Gasteiger partial charge < -0.3 is 15.4 Å². The molecule has 2 atom stereocenters. The van der Waals surface area contributed by atoms with E-state index < -0.39 is 0 Å². The Hall–Kier alpha value is -1.62. The van der Waals surface area contributed by atoms with E-state index in [-0.39, 0.29) is 23.7 Å². The lowest BCUT2D eigenvalue weighted by molar-refractivity contribution is -0.0820. The zero-order chi connectivity index (χ0) is 16.1. The molecule has 3 rings (SSSR count). The first-order valence-electron chi connectivity index (χ1n) is 8.82. The number of carbonyl (C=O) groups is 1. The monoisotopic (exact) mass is 317 g/mol. The summed E-state index contributed by atoms with van der Waals surface area (Å²) in [6.45, 7) is 2.83. The lowest BCUT2D eigenvalue weighted by Crippen LogP contribution is -2.50. The molecule has 0 bridgehead atoms. The number of pyridine rings is 1. The molecule has 5 heteroatoms. The Morgan fingerprint density at radius 3 is 2.83 bits per heavy atom. The lowest BCUT2D eigenvalue weighted by atomic mass is 9.89. The average Bonchev–Trinajstić information content (AvgIpc) is 3.01. The predicted molar refractivity (Wildman–Crippen MR) is 89.1 cm³/mol. The molecule has 23 heavy (non-hydrogen) atoms. The van der Waals surface area contributed by atoms with Crippen LogP contribution in [0.1, 0.15) is 63.5 Å². The summed E-state index contributed by atoms with van der Waals surface area (Å²) >= 11 is 0. The summed E-state index contributed by atoms with van der Waals surface area (Å²) < 4.78 is 6.03. The molecule has 0 unspecified atom stereocenters. The molecular weight excluding hydrogens is 290 g/mol. The third kappa shape index (κ3) is 4.02. The number of nitrogens with zero attached hydrogens (tertiary/aromatic N) is 1. The molecule has 1 aromatic heterocycles. The van der Waals surface area contributed by atoms with Crippen molar-refractivity contribution >= 4 is 6.03 Å². The minimum absolute atomic E-state index is 0.0262. The van der Waals surface area contributed by atoms with Crippen LogP contribution in [-0.4, -0.2) is 29.3 Å². The van der Waals surface area contributed by atoms with Crippen molar-refractivity contribution in [1.29, 1.82) is 0 Å². The molecule has 0 radical (unpaired) electrons. The van der Waals surface area contributed by atoms with Gasteiger partial charge in [0.2, 0.25) is 0 Å². The largest absolute Gasteiger partial charge is 0.375 e. The maximum Gasteiger partial charge on any atom is 0.315 e. The number of urea groups is 1. The van der Waals surface area contributed by atoms with Crippen LogP contribution in [0.3, 0.4) is 0 Å². The van der Waals surface area contributed by atoms with E-state index in [2.05, 4.69) is 22.5 Å². The molecule has 1 saturated heterocycles. The smallest absolute Gasteiger partial charge is 0.315 e. The van der Waals surface area contributed by atoms with E-state index in [0.29, 0.717) is 0 Å². The van der Waals surface area contributed by atoms with Crippen molar-refractivity contribution in [3.05, 3.63) is 30.1 Å². The van der Waals surface area contributed by atoms with Gasteiger partial charge in [0, 0.05) is 25.0 Å². The van der Waals surface area contributed by atoms with Gasteiger partial charge in [-0.05, 0) is 49.8 Å². The van der Waals surface area contributed by atoms with Crippen LogP contribution in [0, 0.1) is 0 Å². The summed E-state index contributed by atoms with van der Waals surface area (Å²) in [7, 11) is 0. The third-order valence-corrected chi connectivity index (χ3v) is 5.17. The van der Waals surface area contributed by atoms with Crippen molar-refractivity contribution in [2.75, 3.05) is 6.61 Å². The second-order valence-corrected chi connectivity index (χ2v) is 6.79. The van der Waals surface area contributed by atoms with Gasteiger partial charge in [0.1, 0.15) is 0 Å². The van der Waals surface area contributed by atoms with E-state index in [0.717, 1.165) is 44.3 Å². The number of amides is 2. The Morgan fingerprint density at radius 1 is 1.39 bits per heavy atom. The van der Waals surface area contributed by atoms with Crippen molar-refractivity contribution < 1.29 is 9.53 Å². The molecule has 1 spiro atoms. The molecule has 2 N–H and O–H groups in total. The van der Waals surface area contributed by atoms with Gasteiger partial charge in [-0.1, -0.05) is 19.8 Å². The summed E-state index contributed by atoms with van der Waals surface area (Å²) in [4.78, 5) is 16.4. The molecule has 1 aromatic rings. The van der Waals surface area contributed by atoms with Crippen LogP contribution in [0.4, 0.5) is 4.79 Å². The fourth-order valence-electron chi connectivity index (χ4n) is 3.92. The molecule has 5 nitrogen and oxygen atoms in total. The average molecular weight is 317 g/mol. The second-order valence-electron chi connectivity index (χ2n) is 6.79. The fourth-order valence-corrected chi connectivity index (χ4v) is 3.92. The van der Waals surface area contributed by atoms with E-state index in [1.807, 2.05) is 12.1 Å². The van der Waals surface area contributed by atoms with E-state index in [1.54, 1.807) is 12.4 Å². The van der Waals surface area contributed by atoms with Crippen LogP contribution in [0.2, 0.25) is 0 Å². The maximum atomic E-state index is 12.4. The third-order valence-electron chi connectivity index (χ3n) is 5.17. The lowest BCUT2D eigenvalue weighted by Gasteiger charge is -2.38. The summed E-state index contributed by atoms with van der Waals surface area (Å²) in [6, 6.07) is 4.08. The molecule has 1 saturated carbocycles. The molecule has 1 aliphatic heterocycles. The van der Waals surface area contributed by atoms with E-state index in [9.17, 15) is 4.79 Å². The van der Waals surface area contributed by atoms with Crippen molar-refractivity contribution in [2.45, 2.75) is 69.6 Å². The van der Waals surface area contributed by atoms with E-state index in [1.165, 1.54) is 12.8 Å². The second kappa shape index (κ2) is 7.30. The summed E-state index contributed by atoms with van der Waals surface area (Å²) in [6.07, 6.45) is 11.0. The maximum absolute atomic E-state index is 12.4. The first kappa shape index (κ1) is 16.2. The molecule has 2 aliphatic rings. The highest BCUT2D eigenvalue weighted by Crippen LogP contribution is 2.39. The Labute approximate surface area is 138 Å². The number of hydrogen-bond acceptors (Lipinski definition) is 3. The van der Waals surface area contributed by atoms with E-state index >= 15 is 0 Å². The first-order valence-corrected chi connectivity index (χ1v) is 8.82. The number of ether oxygens (including phenoxy) is 1. The summed E-state index contributed by atoms with van der Waals surface area (Å²) in [5.74, 6) is 0. The van der Waals surface area contributed by atoms with Crippen LogP contribution in [0.5, 0.6) is 0 Å². The highest BCUT2D eigenvalue weighted by molar-refractivity contribution is 5.74. The van der Waals surface area contributed by atoms with Crippen LogP contribution in [-0.2, 0) is 4.74 Å². The minimum atomic E-state index is -0.0753. The molecule has 126 valence electrons. The Kier molecular flexibility index (Phi) is 5.16. The summed E-state index contributed by atoms with van der Waals surface area (Å²) in [5, 5.41) is 6.25. The predicted octanol–water partition coefficient (Wildman–Crippen LogP) is 3.32. The highest BCUT2D eigenvalue weighted by atomic mass is 16.5. The van der Waals surface area contributed by atoms with Crippen LogP contribution in [0.15, 0.2) is 24.5 Å². The number of aromatic nitrogens is 1. The van der Waals surface area contributed by atoms with Crippen LogP contribution < -0.4 is 10.6 Å². The van der Waals surface area contributed by atoms with Gasteiger partial charge in [0.15, 0.2) is 0 Å². The van der Waals surface area contributed by atoms with Gasteiger partial charge in [0.05, 0.1) is 11.6 Å². The standard InChI is InChI=1S/C18H27N3O2/c1-2-16(14-5-10-19-11-6-14)21-17(22)20-15-7-12-23-18(13-15)8-3-4-9-18/h5-6,10-11,15-16H,2-4,7-9,12-13H2,1H3,(H2,20,21,22)/t15-,16-/m1/s1. The molecule has 2 amide bonds. The Morgan fingerprint density at radius 2 is 2.13 bits per heavy atom. The number of hydrogen-bond donors (Lipinski definition) is 2. The molecule has 1 aliphatic carbocycles. The fraction of sp³-hybridized carbons (Fsp3) is 0.667. The Balaban J connectivity index is 1.54. The molecule has 2 heterocycles. The quantitative estimate of drug-likeness (QED) is 0.895.